The number of amides is 2. The summed E-state index contributed by atoms with van der Waals surface area (Å²) in [4.78, 5) is 26.7. The first kappa shape index (κ1) is 17.0. The third kappa shape index (κ3) is 5.10. The summed E-state index contributed by atoms with van der Waals surface area (Å²) in [7, 11) is 1.64. The Morgan fingerprint density at radius 2 is 1.86 bits per heavy atom. The molecule has 0 bridgehead atoms. The first-order valence-corrected chi connectivity index (χ1v) is 7.27. The highest BCUT2D eigenvalue weighted by atomic mass is 16.4. The number of carbonyl (C=O) groups excluding carboxylic acids is 1. The zero-order valence-corrected chi connectivity index (χ0v) is 13.0. The van der Waals surface area contributed by atoms with Crippen molar-refractivity contribution in [3.8, 4) is 0 Å². The Kier molecular flexibility index (Phi) is 6.72. The number of anilines is 1. The molecule has 0 aromatic heterocycles. The predicted octanol–water partition coefficient (Wildman–Crippen LogP) is 3.07. The van der Waals surface area contributed by atoms with Gasteiger partial charge in [-0.2, -0.15) is 0 Å². The largest absolute Gasteiger partial charge is 0.481 e. The second-order valence-corrected chi connectivity index (χ2v) is 5.24. The second-order valence-electron chi connectivity index (χ2n) is 5.24. The Morgan fingerprint density at radius 3 is 2.38 bits per heavy atom. The fourth-order valence-corrected chi connectivity index (χ4v) is 2.03. The van der Waals surface area contributed by atoms with E-state index >= 15 is 0 Å². The zero-order chi connectivity index (χ0) is 15.8. The van der Waals surface area contributed by atoms with Crippen LogP contribution in [0.3, 0.4) is 0 Å². The minimum atomic E-state index is -0.894. The van der Waals surface area contributed by atoms with Gasteiger partial charge in [0, 0.05) is 25.8 Å². The molecule has 0 fully saturated rings. The number of carboxylic acid groups (broad SMARTS) is 1. The lowest BCUT2D eigenvalue weighted by Crippen LogP contribution is -2.44. The third-order valence-corrected chi connectivity index (χ3v) is 3.33. The molecule has 21 heavy (non-hydrogen) atoms. The lowest BCUT2D eigenvalue weighted by Gasteiger charge is -2.29. The van der Waals surface area contributed by atoms with E-state index in [4.69, 9.17) is 5.11 Å². The molecule has 1 unspecified atom stereocenters. The van der Waals surface area contributed by atoms with E-state index < -0.39 is 11.9 Å². The van der Waals surface area contributed by atoms with Gasteiger partial charge in [-0.1, -0.05) is 38.5 Å². The van der Waals surface area contributed by atoms with Crippen molar-refractivity contribution in [2.45, 2.75) is 26.7 Å². The van der Waals surface area contributed by atoms with Gasteiger partial charge in [0.25, 0.3) is 0 Å². The fraction of sp³-hybridized carbons (Fsp3) is 0.500. The molecule has 0 saturated heterocycles. The standard InChI is InChI=1S/C16H24N2O3/c1-4-5-11-18(14-9-7-6-8-10-14)16(21)17(3)12-13(2)15(19)20/h6-10,13H,4-5,11-12H2,1-3H3,(H,19,20). The van der Waals surface area contributed by atoms with Crippen LogP contribution in [0.5, 0.6) is 0 Å². The lowest BCUT2D eigenvalue weighted by atomic mass is 10.2. The number of nitrogens with zero attached hydrogens (tertiary/aromatic N) is 2. The molecule has 0 heterocycles. The molecule has 1 atom stereocenters. The molecule has 1 aromatic carbocycles. The lowest BCUT2D eigenvalue weighted by molar-refractivity contribution is -0.141. The van der Waals surface area contributed by atoms with Crippen LogP contribution in [0, 0.1) is 5.92 Å². The van der Waals surface area contributed by atoms with E-state index in [-0.39, 0.29) is 12.6 Å². The molecule has 0 radical (unpaired) electrons. The van der Waals surface area contributed by atoms with Crippen LogP contribution in [-0.2, 0) is 4.79 Å². The molecule has 5 nitrogen and oxygen atoms in total. The average Bonchev–Trinajstić information content (AvgIpc) is 2.48. The van der Waals surface area contributed by atoms with Gasteiger partial charge < -0.3 is 10.0 Å². The van der Waals surface area contributed by atoms with Crippen molar-refractivity contribution in [2.75, 3.05) is 25.0 Å². The van der Waals surface area contributed by atoms with Gasteiger partial charge in [0.1, 0.15) is 0 Å². The highest BCUT2D eigenvalue weighted by Gasteiger charge is 2.22. The highest BCUT2D eigenvalue weighted by molar-refractivity contribution is 5.92. The van der Waals surface area contributed by atoms with Crippen molar-refractivity contribution in [2.24, 2.45) is 5.92 Å². The maximum Gasteiger partial charge on any atom is 0.324 e. The molecule has 0 aliphatic rings. The number of hydrogen-bond donors (Lipinski definition) is 1. The molecule has 0 saturated carbocycles. The molecular weight excluding hydrogens is 268 g/mol. The number of rotatable bonds is 7. The maximum absolute atomic E-state index is 12.6. The Balaban J connectivity index is 2.82. The van der Waals surface area contributed by atoms with Gasteiger partial charge in [0.05, 0.1) is 5.92 Å². The Labute approximate surface area is 126 Å². The van der Waals surface area contributed by atoms with Crippen molar-refractivity contribution >= 4 is 17.7 Å². The maximum atomic E-state index is 12.6. The third-order valence-electron chi connectivity index (χ3n) is 3.33. The van der Waals surface area contributed by atoms with Gasteiger partial charge in [-0.3, -0.25) is 9.69 Å². The first-order chi connectivity index (χ1) is 9.97. The van der Waals surface area contributed by atoms with Crippen molar-refractivity contribution in [3.63, 3.8) is 0 Å². The molecule has 1 N–H and O–H groups in total. The number of benzene rings is 1. The van der Waals surface area contributed by atoms with E-state index in [0.29, 0.717) is 6.54 Å². The SMILES string of the molecule is CCCCN(C(=O)N(C)CC(C)C(=O)O)c1ccccc1. The first-order valence-electron chi connectivity index (χ1n) is 7.27. The summed E-state index contributed by atoms with van der Waals surface area (Å²) < 4.78 is 0. The number of hydrogen-bond acceptors (Lipinski definition) is 2. The summed E-state index contributed by atoms with van der Waals surface area (Å²) in [5, 5.41) is 8.96. The van der Waals surface area contributed by atoms with Crippen LogP contribution >= 0.6 is 0 Å². The summed E-state index contributed by atoms with van der Waals surface area (Å²) in [6.07, 6.45) is 1.90. The van der Waals surface area contributed by atoms with Crippen LogP contribution in [0.2, 0.25) is 0 Å². The van der Waals surface area contributed by atoms with Gasteiger partial charge in [-0.25, -0.2) is 4.79 Å². The topological polar surface area (TPSA) is 60.9 Å². The van der Waals surface area contributed by atoms with Crippen LogP contribution in [0.25, 0.3) is 0 Å². The number of unbranched alkanes of at least 4 members (excludes halogenated alkanes) is 1. The van der Waals surface area contributed by atoms with Crippen molar-refractivity contribution in [1.29, 1.82) is 0 Å². The fourth-order valence-electron chi connectivity index (χ4n) is 2.03. The van der Waals surface area contributed by atoms with Crippen molar-refractivity contribution in [3.05, 3.63) is 30.3 Å². The number of aliphatic carboxylic acids is 1. The van der Waals surface area contributed by atoms with E-state index in [0.717, 1.165) is 18.5 Å². The average molecular weight is 292 g/mol. The minimum absolute atomic E-state index is 0.164. The highest BCUT2D eigenvalue weighted by Crippen LogP contribution is 2.16. The Hall–Kier alpha value is -2.04. The number of para-hydroxylation sites is 1. The predicted molar refractivity (Wildman–Crippen MR) is 83.5 cm³/mol. The number of urea groups is 1. The molecule has 0 aliphatic carbocycles. The smallest absolute Gasteiger partial charge is 0.324 e. The molecule has 2 amide bonds. The summed E-state index contributed by atoms with van der Waals surface area (Å²) >= 11 is 0. The molecule has 1 aromatic rings. The van der Waals surface area contributed by atoms with Crippen LogP contribution in [0.15, 0.2) is 30.3 Å². The Morgan fingerprint density at radius 1 is 1.24 bits per heavy atom. The van der Waals surface area contributed by atoms with E-state index in [2.05, 4.69) is 6.92 Å². The Bertz CT molecular complexity index is 462. The monoisotopic (exact) mass is 292 g/mol. The summed E-state index contributed by atoms with van der Waals surface area (Å²) in [5.41, 5.74) is 0.839. The summed E-state index contributed by atoms with van der Waals surface area (Å²) in [5.74, 6) is -1.47. The summed E-state index contributed by atoms with van der Waals surface area (Å²) in [6.45, 7) is 4.50. The van der Waals surface area contributed by atoms with Crippen LogP contribution in [0.1, 0.15) is 26.7 Å². The van der Waals surface area contributed by atoms with Gasteiger partial charge in [-0.05, 0) is 18.6 Å². The molecule has 116 valence electrons. The minimum Gasteiger partial charge on any atom is -0.481 e. The van der Waals surface area contributed by atoms with Gasteiger partial charge in [-0.15, -0.1) is 0 Å². The molecule has 1 rings (SSSR count). The number of carbonyl (C=O) groups is 2. The van der Waals surface area contributed by atoms with Crippen LogP contribution in [0.4, 0.5) is 10.5 Å². The van der Waals surface area contributed by atoms with Gasteiger partial charge >= 0.3 is 12.0 Å². The van der Waals surface area contributed by atoms with Crippen LogP contribution < -0.4 is 4.90 Å². The molecular formula is C16H24N2O3. The van der Waals surface area contributed by atoms with Gasteiger partial charge in [0.2, 0.25) is 0 Å². The van der Waals surface area contributed by atoms with Crippen molar-refractivity contribution in [1.82, 2.24) is 4.90 Å². The van der Waals surface area contributed by atoms with E-state index in [1.807, 2.05) is 30.3 Å². The zero-order valence-electron chi connectivity index (χ0n) is 13.0. The van der Waals surface area contributed by atoms with Gasteiger partial charge in [0.15, 0.2) is 0 Å². The van der Waals surface area contributed by atoms with Crippen LogP contribution in [-0.4, -0.2) is 42.1 Å². The van der Waals surface area contributed by atoms with E-state index in [9.17, 15) is 9.59 Å². The van der Waals surface area contributed by atoms with Crippen molar-refractivity contribution < 1.29 is 14.7 Å². The number of carboxylic acids is 1. The normalized spacial score (nSPS) is 11.8. The quantitative estimate of drug-likeness (QED) is 0.840. The summed E-state index contributed by atoms with van der Waals surface area (Å²) in [6, 6.07) is 9.30. The molecule has 5 heteroatoms. The molecule has 0 spiro atoms. The molecule has 0 aliphatic heterocycles. The second kappa shape index (κ2) is 8.29. The van der Waals surface area contributed by atoms with E-state index in [1.54, 1.807) is 18.9 Å². The van der Waals surface area contributed by atoms with E-state index in [1.165, 1.54) is 4.90 Å².